The van der Waals surface area contributed by atoms with Crippen LogP contribution in [0.1, 0.15) is 16.8 Å². The van der Waals surface area contributed by atoms with E-state index >= 15 is 0 Å². The van der Waals surface area contributed by atoms with Gasteiger partial charge in [-0.05, 0) is 12.1 Å². The number of terminal acetylenes is 1. The Hall–Kier alpha value is -1.24. The van der Waals surface area contributed by atoms with Gasteiger partial charge in [0.15, 0.2) is 0 Å². The minimum Gasteiger partial charge on any atom is -0.351 e. The van der Waals surface area contributed by atoms with E-state index in [0.717, 1.165) is 0 Å². The summed E-state index contributed by atoms with van der Waals surface area (Å²) in [5.74, 6) is 2.11. The Kier molecular flexibility index (Phi) is 4.41. The highest BCUT2D eigenvalue weighted by Gasteiger charge is 2.10. The lowest BCUT2D eigenvalue weighted by atomic mass is 10.2. The Labute approximate surface area is 97.8 Å². The van der Waals surface area contributed by atoms with Gasteiger partial charge in [-0.1, -0.05) is 23.2 Å². The molecule has 0 bridgehead atoms. The summed E-state index contributed by atoms with van der Waals surface area (Å²) >= 11 is 11.3. The number of nitrogens with zero attached hydrogens (tertiary/aromatic N) is 1. The molecule has 1 aromatic heterocycles. The molecule has 3 nitrogen and oxygen atoms in total. The maximum Gasteiger partial charge on any atom is 0.254 e. The molecule has 78 valence electrons. The molecule has 0 aromatic carbocycles. The fourth-order valence-electron chi connectivity index (χ4n) is 0.925. The van der Waals surface area contributed by atoms with Gasteiger partial charge in [0, 0.05) is 13.0 Å². The van der Waals surface area contributed by atoms with Crippen LogP contribution in [0.4, 0.5) is 0 Å². The van der Waals surface area contributed by atoms with Crippen LogP contribution in [0, 0.1) is 12.3 Å². The molecule has 1 aromatic rings. The topological polar surface area (TPSA) is 42.0 Å². The Bertz CT molecular complexity index is 412. The van der Waals surface area contributed by atoms with Crippen molar-refractivity contribution in [2.45, 2.75) is 6.42 Å². The minimum atomic E-state index is -0.306. The van der Waals surface area contributed by atoms with Crippen molar-refractivity contribution in [2.75, 3.05) is 6.54 Å². The first-order chi connectivity index (χ1) is 7.15. The van der Waals surface area contributed by atoms with Gasteiger partial charge < -0.3 is 5.32 Å². The largest absolute Gasteiger partial charge is 0.351 e. The molecular weight excluding hydrogens is 235 g/mol. The van der Waals surface area contributed by atoms with E-state index in [1.165, 1.54) is 12.1 Å². The van der Waals surface area contributed by atoms with Crippen molar-refractivity contribution < 1.29 is 4.79 Å². The second-order valence-corrected chi connectivity index (χ2v) is 3.43. The predicted molar refractivity (Wildman–Crippen MR) is 60.0 cm³/mol. The van der Waals surface area contributed by atoms with Crippen LogP contribution in [0.3, 0.4) is 0 Å². The van der Waals surface area contributed by atoms with E-state index in [-0.39, 0.29) is 21.8 Å². The normalized spacial score (nSPS) is 9.40. The molecule has 5 heteroatoms. The summed E-state index contributed by atoms with van der Waals surface area (Å²) in [5, 5.41) is 2.95. The number of rotatable bonds is 3. The van der Waals surface area contributed by atoms with E-state index in [1.807, 2.05) is 0 Å². The van der Waals surface area contributed by atoms with Gasteiger partial charge in [-0.15, -0.1) is 12.3 Å². The number of carbonyl (C=O) groups is 1. The Morgan fingerprint density at radius 1 is 1.53 bits per heavy atom. The van der Waals surface area contributed by atoms with Gasteiger partial charge in [0.1, 0.15) is 10.3 Å². The second kappa shape index (κ2) is 5.59. The maximum absolute atomic E-state index is 11.5. The molecule has 0 saturated heterocycles. The van der Waals surface area contributed by atoms with Gasteiger partial charge in [0.2, 0.25) is 0 Å². The van der Waals surface area contributed by atoms with Gasteiger partial charge in [-0.25, -0.2) is 4.98 Å². The number of nitrogens with one attached hydrogen (secondary N) is 1. The van der Waals surface area contributed by atoms with Crippen LogP contribution < -0.4 is 5.32 Å². The molecule has 0 aliphatic rings. The Morgan fingerprint density at radius 3 is 2.87 bits per heavy atom. The number of amides is 1. The van der Waals surface area contributed by atoms with E-state index in [9.17, 15) is 4.79 Å². The molecule has 0 aliphatic carbocycles. The molecule has 15 heavy (non-hydrogen) atoms. The van der Waals surface area contributed by atoms with Crippen molar-refractivity contribution in [2.24, 2.45) is 0 Å². The zero-order chi connectivity index (χ0) is 11.3. The van der Waals surface area contributed by atoms with E-state index in [1.54, 1.807) is 0 Å². The number of carbonyl (C=O) groups excluding carboxylic acids is 1. The van der Waals surface area contributed by atoms with Crippen LogP contribution in [-0.2, 0) is 0 Å². The van der Waals surface area contributed by atoms with Crippen molar-refractivity contribution in [3.63, 3.8) is 0 Å². The minimum absolute atomic E-state index is 0.0840. The lowest BCUT2D eigenvalue weighted by molar-refractivity contribution is 0.0954. The fraction of sp³-hybridized carbons (Fsp3) is 0.200. The lowest BCUT2D eigenvalue weighted by Gasteiger charge is -2.04. The van der Waals surface area contributed by atoms with Crippen molar-refractivity contribution in [3.05, 3.63) is 28.0 Å². The first kappa shape index (κ1) is 11.8. The average molecular weight is 243 g/mol. The third kappa shape index (κ3) is 3.43. The molecule has 0 unspecified atom stereocenters. The summed E-state index contributed by atoms with van der Waals surface area (Å²) in [6, 6.07) is 3.02. The van der Waals surface area contributed by atoms with E-state index in [4.69, 9.17) is 29.6 Å². The van der Waals surface area contributed by atoms with Crippen molar-refractivity contribution in [1.82, 2.24) is 10.3 Å². The molecule has 1 N–H and O–H groups in total. The first-order valence-corrected chi connectivity index (χ1v) is 4.94. The van der Waals surface area contributed by atoms with Crippen LogP contribution in [0.15, 0.2) is 12.1 Å². The summed E-state index contributed by atoms with van der Waals surface area (Å²) in [6.45, 7) is 0.411. The van der Waals surface area contributed by atoms with Gasteiger partial charge in [-0.3, -0.25) is 4.79 Å². The summed E-state index contributed by atoms with van der Waals surface area (Å²) in [4.78, 5) is 15.3. The van der Waals surface area contributed by atoms with Crippen molar-refractivity contribution in [1.29, 1.82) is 0 Å². The number of hydrogen-bond acceptors (Lipinski definition) is 2. The predicted octanol–water partition coefficient (Wildman–Crippen LogP) is 2.14. The van der Waals surface area contributed by atoms with Crippen molar-refractivity contribution in [3.8, 4) is 12.3 Å². The Morgan fingerprint density at radius 2 is 2.27 bits per heavy atom. The van der Waals surface area contributed by atoms with Gasteiger partial charge in [0.05, 0.1) is 5.56 Å². The monoisotopic (exact) mass is 242 g/mol. The van der Waals surface area contributed by atoms with Crippen LogP contribution in [-0.4, -0.2) is 17.4 Å². The summed E-state index contributed by atoms with van der Waals surface area (Å²) < 4.78 is 0. The Balaban J connectivity index is 2.70. The maximum atomic E-state index is 11.5. The van der Waals surface area contributed by atoms with Crippen LogP contribution in [0.5, 0.6) is 0 Å². The molecule has 1 heterocycles. The second-order valence-electron chi connectivity index (χ2n) is 2.68. The fourth-order valence-corrected chi connectivity index (χ4v) is 1.36. The standard InChI is InChI=1S/C10H8Cl2N2O/c1-2-3-6-13-10(15)7-4-5-8(11)14-9(7)12/h1,4-5H,3,6H2,(H,13,15). The SMILES string of the molecule is C#CCCNC(=O)c1ccc(Cl)nc1Cl. The number of halogens is 2. The van der Waals surface area contributed by atoms with Crippen LogP contribution in [0.25, 0.3) is 0 Å². The number of hydrogen-bond donors (Lipinski definition) is 1. The summed E-state index contributed by atoms with van der Waals surface area (Å²) in [5.41, 5.74) is 0.290. The smallest absolute Gasteiger partial charge is 0.254 e. The third-order valence-corrected chi connectivity index (χ3v) is 2.11. The molecule has 0 spiro atoms. The highest BCUT2D eigenvalue weighted by Crippen LogP contribution is 2.16. The molecule has 0 saturated carbocycles. The van der Waals surface area contributed by atoms with Gasteiger partial charge in [-0.2, -0.15) is 0 Å². The number of pyridine rings is 1. The van der Waals surface area contributed by atoms with E-state index in [0.29, 0.717) is 13.0 Å². The quantitative estimate of drug-likeness (QED) is 0.502. The zero-order valence-electron chi connectivity index (χ0n) is 7.76. The average Bonchev–Trinajstić information content (AvgIpc) is 2.17. The first-order valence-electron chi connectivity index (χ1n) is 4.19. The molecule has 0 radical (unpaired) electrons. The molecule has 0 atom stereocenters. The molecule has 0 aliphatic heterocycles. The van der Waals surface area contributed by atoms with Gasteiger partial charge >= 0.3 is 0 Å². The highest BCUT2D eigenvalue weighted by atomic mass is 35.5. The molecule has 1 amide bonds. The molecule has 1 rings (SSSR count). The summed E-state index contributed by atoms with van der Waals surface area (Å²) in [6.07, 6.45) is 5.52. The third-order valence-electron chi connectivity index (χ3n) is 1.61. The lowest BCUT2D eigenvalue weighted by Crippen LogP contribution is -2.24. The van der Waals surface area contributed by atoms with Crippen LogP contribution >= 0.6 is 23.2 Å². The highest BCUT2D eigenvalue weighted by molar-refractivity contribution is 6.34. The number of aromatic nitrogens is 1. The van der Waals surface area contributed by atoms with E-state index in [2.05, 4.69) is 16.2 Å². The van der Waals surface area contributed by atoms with Crippen molar-refractivity contribution >= 4 is 29.1 Å². The molecule has 0 fully saturated rings. The van der Waals surface area contributed by atoms with E-state index < -0.39 is 0 Å². The van der Waals surface area contributed by atoms with Gasteiger partial charge in [0.25, 0.3) is 5.91 Å². The zero-order valence-corrected chi connectivity index (χ0v) is 9.27. The van der Waals surface area contributed by atoms with Crippen LogP contribution in [0.2, 0.25) is 10.3 Å². The molecular formula is C10H8Cl2N2O. The summed E-state index contributed by atoms with van der Waals surface area (Å²) in [7, 11) is 0.